The van der Waals surface area contributed by atoms with Crippen molar-refractivity contribution in [1.82, 2.24) is 10.3 Å². The molecular formula is C18H19N3O3. The quantitative estimate of drug-likeness (QED) is 0.883. The second kappa shape index (κ2) is 7.12. The molecular weight excluding hydrogens is 306 g/mol. The molecule has 0 unspecified atom stereocenters. The molecule has 0 bridgehead atoms. The molecule has 6 nitrogen and oxygen atoms in total. The van der Waals surface area contributed by atoms with Gasteiger partial charge in [-0.15, -0.1) is 0 Å². The van der Waals surface area contributed by atoms with Gasteiger partial charge in [0.2, 0.25) is 5.91 Å². The minimum Gasteiger partial charge on any atom is -0.484 e. The number of amides is 2. The summed E-state index contributed by atoms with van der Waals surface area (Å²) in [5.41, 5.74) is 2.78. The van der Waals surface area contributed by atoms with Crippen LogP contribution in [0.3, 0.4) is 0 Å². The Bertz CT molecular complexity index is 746. The van der Waals surface area contributed by atoms with Gasteiger partial charge in [-0.25, -0.2) is 0 Å². The number of rotatable bonds is 5. The standard InChI is InChI=1S/C18H19N3O3/c1-12(14-3-2-8-19-10-14)20-18(23)11-24-15-5-6-16-13(9-15)4-7-17(22)21-16/h2-3,5-6,8-10,12H,4,7,11H2,1H3,(H,20,23)(H,21,22)/t12-/m1/s1. The number of carbonyl (C=O) groups is 2. The first kappa shape index (κ1) is 16.0. The summed E-state index contributed by atoms with van der Waals surface area (Å²) < 4.78 is 5.56. The fourth-order valence-corrected chi connectivity index (χ4v) is 2.60. The molecule has 1 aromatic heterocycles. The van der Waals surface area contributed by atoms with Crippen LogP contribution in [0.4, 0.5) is 5.69 Å². The van der Waals surface area contributed by atoms with Crippen molar-refractivity contribution >= 4 is 17.5 Å². The zero-order valence-corrected chi connectivity index (χ0v) is 13.4. The fourth-order valence-electron chi connectivity index (χ4n) is 2.60. The molecule has 2 heterocycles. The molecule has 1 aliphatic heterocycles. The summed E-state index contributed by atoms with van der Waals surface area (Å²) in [7, 11) is 0. The smallest absolute Gasteiger partial charge is 0.258 e. The Morgan fingerprint density at radius 3 is 3.04 bits per heavy atom. The Hall–Kier alpha value is -2.89. The summed E-state index contributed by atoms with van der Waals surface area (Å²) in [6.07, 6.45) is 4.57. The Kier molecular flexibility index (Phi) is 4.74. The average Bonchev–Trinajstić information content (AvgIpc) is 2.60. The molecule has 2 aromatic rings. The van der Waals surface area contributed by atoms with Crippen LogP contribution in [0.15, 0.2) is 42.7 Å². The van der Waals surface area contributed by atoms with Crippen molar-refractivity contribution in [2.24, 2.45) is 0 Å². The van der Waals surface area contributed by atoms with E-state index < -0.39 is 0 Å². The van der Waals surface area contributed by atoms with E-state index in [9.17, 15) is 9.59 Å². The van der Waals surface area contributed by atoms with Crippen molar-refractivity contribution < 1.29 is 14.3 Å². The Balaban J connectivity index is 1.54. The van der Waals surface area contributed by atoms with Gasteiger partial charge in [-0.3, -0.25) is 14.6 Å². The highest BCUT2D eigenvalue weighted by molar-refractivity contribution is 5.94. The molecule has 24 heavy (non-hydrogen) atoms. The summed E-state index contributed by atoms with van der Waals surface area (Å²) in [4.78, 5) is 27.4. The van der Waals surface area contributed by atoms with E-state index in [-0.39, 0.29) is 24.5 Å². The van der Waals surface area contributed by atoms with Crippen LogP contribution in [-0.2, 0) is 16.0 Å². The van der Waals surface area contributed by atoms with Crippen LogP contribution in [0.25, 0.3) is 0 Å². The van der Waals surface area contributed by atoms with Gasteiger partial charge in [-0.2, -0.15) is 0 Å². The first-order valence-electron chi connectivity index (χ1n) is 7.86. The molecule has 1 aromatic carbocycles. The number of nitrogens with zero attached hydrogens (tertiary/aromatic N) is 1. The highest BCUT2D eigenvalue weighted by Crippen LogP contribution is 2.26. The maximum Gasteiger partial charge on any atom is 0.258 e. The molecule has 0 spiro atoms. The van der Waals surface area contributed by atoms with Gasteiger partial charge in [0.15, 0.2) is 6.61 Å². The van der Waals surface area contributed by atoms with Gasteiger partial charge in [0, 0.05) is 24.5 Å². The topological polar surface area (TPSA) is 80.3 Å². The van der Waals surface area contributed by atoms with Crippen LogP contribution in [0, 0.1) is 0 Å². The van der Waals surface area contributed by atoms with E-state index in [1.807, 2.05) is 25.1 Å². The molecule has 2 amide bonds. The number of ether oxygens (including phenoxy) is 1. The average molecular weight is 325 g/mol. The minimum atomic E-state index is -0.197. The zero-order chi connectivity index (χ0) is 16.9. The summed E-state index contributed by atoms with van der Waals surface area (Å²) in [5, 5.41) is 5.69. The lowest BCUT2D eigenvalue weighted by atomic mass is 10.0. The molecule has 0 saturated carbocycles. The summed E-state index contributed by atoms with van der Waals surface area (Å²) in [5.74, 6) is 0.450. The first-order valence-corrected chi connectivity index (χ1v) is 7.86. The monoisotopic (exact) mass is 325 g/mol. The van der Waals surface area contributed by atoms with Crippen molar-refractivity contribution in [3.63, 3.8) is 0 Å². The van der Waals surface area contributed by atoms with Gasteiger partial charge < -0.3 is 15.4 Å². The second-order valence-corrected chi connectivity index (χ2v) is 5.73. The first-order chi connectivity index (χ1) is 11.6. The van der Waals surface area contributed by atoms with Crippen LogP contribution in [0.1, 0.15) is 30.5 Å². The fraction of sp³-hybridized carbons (Fsp3) is 0.278. The molecule has 0 radical (unpaired) electrons. The summed E-state index contributed by atoms with van der Waals surface area (Å²) in [6.45, 7) is 1.84. The van der Waals surface area contributed by atoms with Crippen molar-refractivity contribution in [3.8, 4) is 5.75 Å². The number of benzene rings is 1. The molecule has 124 valence electrons. The number of hydrogen-bond donors (Lipinski definition) is 2. The van der Waals surface area contributed by atoms with E-state index in [4.69, 9.17) is 4.74 Å². The molecule has 0 saturated heterocycles. The van der Waals surface area contributed by atoms with Gasteiger partial charge >= 0.3 is 0 Å². The third-order valence-electron chi connectivity index (χ3n) is 3.90. The lowest BCUT2D eigenvalue weighted by molar-refractivity contribution is -0.123. The van der Waals surface area contributed by atoms with Crippen LogP contribution in [-0.4, -0.2) is 23.4 Å². The van der Waals surface area contributed by atoms with E-state index >= 15 is 0 Å². The van der Waals surface area contributed by atoms with Gasteiger partial charge in [0.05, 0.1) is 6.04 Å². The number of anilines is 1. The van der Waals surface area contributed by atoms with E-state index in [0.717, 1.165) is 16.8 Å². The molecule has 1 aliphatic rings. The third kappa shape index (κ3) is 3.90. The van der Waals surface area contributed by atoms with Crippen LogP contribution in [0.2, 0.25) is 0 Å². The van der Waals surface area contributed by atoms with E-state index in [1.165, 1.54) is 0 Å². The predicted molar refractivity (Wildman–Crippen MR) is 89.7 cm³/mol. The summed E-state index contributed by atoms with van der Waals surface area (Å²) >= 11 is 0. The third-order valence-corrected chi connectivity index (χ3v) is 3.90. The van der Waals surface area contributed by atoms with Crippen LogP contribution in [0.5, 0.6) is 5.75 Å². The largest absolute Gasteiger partial charge is 0.484 e. The highest BCUT2D eigenvalue weighted by Gasteiger charge is 2.15. The second-order valence-electron chi connectivity index (χ2n) is 5.73. The van der Waals surface area contributed by atoms with Gasteiger partial charge in [0.1, 0.15) is 5.75 Å². The molecule has 0 fully saturated rings. The Morgan fingerprint density at radius 1 is 1.38 bits per heavy atom. The van der Waals surface area contributed by atoms with E-state index in [1.54, 1.807) is 24.5 Å². The number of hydrogen-bond acceptors (Lipinski definition) is 4. The highest BCUT2D eigenvalue weighted by atomic mass is 16.5. The van der Waals surface area contributed by atoms with E-state index in [0.29, 0.717) is 18.6 Å². The number of aryl methyl sites for hydroxylation is 1. The van der Waals surface area contributed by atoms with Gasteiger partial charge in [-0.1, -0.05) is 6.07 Å². The maximum atomic E-state index is 12.0. The molecule has 2 N–H and O–H groups in total. The van der Waals surface area contributed by atoms with Crippen molar-refractivity contribution in [2.75, 3.05) is 11.9 Å². The Labute approximate surface area is 140 Å². The van der Waals surface area contributed by atoms with Crippen molar-refractivity contribution in [3.05, 3.63) is 53.9 Å². The normalized spacial score (nSPS) is 14.3. The van der Waals surface area contributed by atoms with Gasteiger partial charge in [0.25, 0.3) is 5.91 Å². The lowest BCUT2D eigenvalue weighted by Gasteiger charge is -2.18. The molecule has 6 heteroatoms. The molecule has 3 rings (SSSR count). The number of aromatic nitrogens is 1. The van der Waals surface area contributed by atoms with Crippen molar-refractivity contribution in [1.29, 1.82) is 0 Å². The number of carbonyl (C=O) groups excluding carboxylic acids is 2. The summed E-state index contributed by atoms with van der Waals surface area (Å²) in [6, 6.07) is 9.04. The zero-order valence-electron chi connectivity index (χ0n) is 13.4. The predicted octanol–water partition coefficient (Wildman–Crippen LogP) is 2.22. The van der Waals surface area contributed by atoms with Crippen LogP contribution >= 0.6 is 0 Å². The number of nitrogens with one attached hydrogen (secondary N) is 2. The number of pyridine rings is 1. The SMILES string of the molecule is C[C@@H](NC(=O)COc1ccc2c(c1)CCC(=O)N2)c1cccnc1. The minimum absolute atomic E-state index is 0.0277. The lowest BCUT2D eigenvalue weighted by Crippen LogP contribution is -2.31. The van der Waals surface area contributed by atoms with Crippen LogP contribution < -0.4 is 15.4 Å². The van der Waals surface area contributed by atoms with Gasteiger partial charge in [-0.05, 0) is 48.7 Å². The Morgan fingerprint density at radius 2 is 2.25 bits per heavy atom. The maximum absolute atomic E-state index is 12.0. The molecule has 0 aliphatic carbocycles. The molecule has 1 atom stereocenters. The van der Waals surface area contributed by atoms with Crippen molar-refractivity contribution in [2.45, 2.75) is 25.8 Å². The van der Waals surface area contributed by atoms with E-state index in [2.05, 4.69) is 15.6 Å². The number of fused-ring (bicyclic) bond motifs is 1.